The van der Waals surface area contributed by atoms with Crippen LogP contribution >= 0.6 is 11.3 Å². The summed E-state index contributed by atoms with van der Waals surface area (Å²) in [5.74, 6) is 0. The van der Waals surface area contributed by atoms with Gasteiger partial charge in [0.2, 0.25) is 0 Å². The number of anilines is 3. The molecule has 0 aliphatic heterocycles. The molecule has 2 aromatic heterocycles. The summed E-state index contributed by atoms with van der Waals surface area (Å²) in [6.07, 6.45) is 5.28. The van der Waals surface area contributed by atoms with E-state index < -0.39 is 11.7 Å². The van der Waals surface area contributed by atoms with Crippen molar-refractivity contribution in [2.45, 2.75) is 65.5 Å². The second-order valence-electron chi connectivity index (χ2n) is 8.04. The minimum atomic E-state index is -4.46. The maximum absolute atomic E-state index is 13.9. The molecule has 10 heteroatoms. The van der Waals surface area contributed by atoms with E-state index in [9.17, 15) is 13.2 Å². The van der Waals surface area contributed by atoms with E-state index in [1.54, 1.807) is 35.8 Å². The van der Waals surface area contributed by atoms with Gasteiger partial charge in [0, 0.05) is 48.3 Å². The van der Waals surface area contributed by atoms with Crippen LogP contribution in [0.25, 0.3) is 11.3 Å². The number of ether oxygens (including phenoxy) is 1. The SMILES string of the molecule is CC.CCCCCCCCN(C)c1ccc(Nc2nc(-c3cnc(OC)nc3)cs2)cc1C(F)(F)F. The Kier molecular flexibility index (Phi) is 11.9. The van der Waals surface area contributed by atoms with Gasteiger partial charge < -0.3 is 15.0 Å². The van der Waals surface area contributed by atoms with Crippen LogP contribution in [-0.4, -0.2) is 35.7 Å². The molecule has 0 bridgehead atoms. The lowest BCUT2D eigenvalue weighted by molar-refractivity contribution is -0.137. The van der Waals surface area contributed by atoms with Gasteiger partial charge in [-0.2, -0.15) is 13.2 Å². The molecule has 3 aromatic rings. The normalized spacial score (nSPS) is 11.0. The van der Waals surface area contributed by atoms with Gasteiger partial charge in [0.05, 0.1) is 18.4 Å². The minimum Gasteiger partial charge on any atom is -0.467 e. The Morgan fingerprint density at radius 2 is 1.69 bits per heavy atom. The van der Waals surface area contributed by atoms with E-state index in [1.165, 1.54) is 43.8 Å². The van der Waals surface area contributed by atoms with Crippen molar-refractivity contribution in [3.63, 3.8) is 0 Å². The first-order chi connectivity index (χ1) is 17.3. The number of unbranched alkanes of at least 4 members (excludes halogenated alkanes) is 5. The third-order valence-electron chi connectivity index (χ3n) is 5.42. The van der Waals surface area contributed by atoms with Crippen LogP contribution in [0.3, 0.4) is 0 Å². The first kappa shape index (κ1) is 29.4. The molecule has 0 saturated heterocycles. The zero-order chi connectivity index (χ0) is 26.6. The molecule has 2 heterocycles. The lowest BCUT2D eigenvalue weighted by Gasteiger charge is -2.24. The Morgan fingerprint density at radius 3 is 2.33 bits per heavy atom. The molecule has 36 heavy (non-hydrogen) atoms. The van der Waals surface area contributed by atoms with Crippen LogP contribution in [0.5, 0.6) is 6.01 Å². The number of hydrogen-bond donors (Lipinski definition) is 1. The molecule has 1 aromatic carbocycles. The zero-order valence-electron chi connectivity index (χ0n) is 21.7. The Labute approximate surface area is 216 Å². The van der Waals surface area contributed by atoms with Crippen molar-refractivity contribution in [2.24, 2.45) is 0 Å². The number of methoxy groups -OCH3 is 1. The summed E-state index contributed by atoms with van der Waals surface area (Å²) in [5, 5.41) is 5.26. The standard InChI is InChI=1S/C24H30F3N5OS.C2H6/c1-4-5-6-7-8-9-12-32(2)21-11-10-18(13-19(21)24(25,26)27)30-23-31-20(16-34-23)17-14-28-22(33-3)29-15-17;1-2/h10-11,13-16H,4-9,12H2,1-3H3,(H,30,31);1-2H3. The third kappa shape index (κ3) is 8.65. The molecular weight excluding hydrogens is 487 g/mol. The molecule has 0 unspecified atom stereocenters. The van der Waals surface area contributed by atoms with Crippen molar-refractivity contribution < 1.29 is 17.9 Å². The molecule has 0 spiro atoms. The average molecular weight is 524 g/mol. The van der Waals surface area contributed by atoms with Crippen molar-refractivity contribution in [1.82, 2.24) is 15.0 Å². The number of nitrogens with zero attached hydrogens (tertiary/aromatic N) is 4. The maximum Gasteiger partial charge on any atom is 0.418 e. The fraction of sp³-hybridized carbons (Fsp3) is 0.500. The van der Waals surface area contributed by atoms with Crippen molar-refractivity contribution in [3.05, 3.63) is 41.5 Å². The Balaban J connectivity index is 0.00000222. The Hall–Kier alpha value is -2.88. The third-order valence-corrected chi connectivity index (χ3v) is 6.18. The van der Waals surface area contributed by atoms with Gasteiger partial charge in [-0.05, 0) is 24.6 Å². The van der Waals surface area contributed by atoms with E-state index in [2.05, 4.69) is 27.2 Å². The minimum absolute atomic E-state index is 0.182. The second-order valence-corrected chi connectivity index (χ2v) is 8.90. The molecule has 198 valence electrons. The molecule has 0 atom stereocenters. The van der Waals surface area contributed by atoms with Crippen LogP contribution in [0.2, 0.25) is 0 Å². The molecular formula is C26H36F3N5OS. The first-order valence-electron chi connectivity index (χ1n) is 12.3. The summed E-state index contributed by atoms with van der Waals surface area (Å²) in [7, 11) is 3.19. The van der Waals surface area contributed by atoms with Crippen LogP contribution in [0, 0.1) is 0 Å². The molecule has 0 aliphatic rings. The van der Waals surface area contributed by atoms with Gasteiger partial charge in [0.15, 0.2) is 5.13 Å². The van der Waals surface area contributed by atoms with Crippen molar-refractivity contribution in [1.29, 1.82) is 0 Å². The number of alkyl halides is 3. The number of thiazole rings is 1. The molecule has 0 amide bonds. The summed E-state index contributed by atoms with van der Waals surface area (Å²) < 4.78 is 46.5. The van der Waals surface area contributed by atoms with E-state index in [1.807, 2.05) is 13.8 Å². The summed E-state index contributed by atoms with van der Waals surface area (Å²) in [6.45, 7) is 6.75. The van der Waals surface area contributed by atoms with Gasteiger partial charge in [0.25, 0.3) is 0 Å². The van der Waals surface area contributed by atoms with Crippen LogP contribution in [0.4, 0.5) is 29.7 Å². The van der Waals surface area contributed by atoms with Gasteiger partial charge in [-0.1, -0.05) is 52.9 Å². The maximum atomic E-state index is 13.9. The predicted molar refractivity (Wildman–Crippen MR) is 142 cm³/mol. The lowest BCUT2D eigenvalue weighted by atomic mass is 10.1. The number of aromatic nitrogens is 3. The van der Waals surface area contributed by atoms with Gasteiger partial charge >= 0.3 is 12.2 Å². The molecule has 6 nitrogen and oxygen atoms in total. The van der Waals surface area contributed by atoms with Crippen LogP contribution < -0.4 is 15.0 Å². The number of hydrogen-bond acceptors (Lipinski definition) is 7. The molecule has 0 fully saturated rings. The Morgan fingerprint density at radius 1 is 1.03 bits per heavy atom. The van der Waals surface area contributed by atoms with Crippen molar-refractivity contribution in [2.75, 3.05) is 30.9 Å². The van der Waals surface area contributed by atoms with Crippen LogP contribution in [0.1, 0.15) is 64.9 Å². The van der Waals surface area contributed by atoms with Gasteiger partial charge in [0.1, 0.15) is 0 Å². The van der Waals surface area contributed by atoms with E-state index in [0.717, 1.165) is 25.3 Å². The molecule has 3 rings (SSSR count). The molecule has 0 aliphatic carbocycles. The highest BCUT2D eigenvalue weighted by Crippen LogP contribution is 2.39. The molecule has 0 saturated carbocycles. The van der Waals surface area contributed by atoms with E-state index >= 15 is 0 Å². The molecule has 1 N–H and O–H groups in total. The van der Waals surface area contributed by atoms with E-state index in [-0.39, 0.29) is 11.7 Å². The quantitative estimate of drug-likeness (QED) is 0.241. The summed E-state index contributed by atoms with van der Waals surface area (Å²) in [4.78, 5) is 14.2. The van der Waals surface area contributed by atoms with Gasteiger partial charge in [-0.15, -0.1) is 11.3 Å². The smallest absolute Gasteiger partial charge is 0.418 e. The number of benzene rings is 1. The number of nitrogens with one attached hydrogen (secondary N) is 1. The second kappa shape index (κ2) is 14.6. The lowest BCUT2D eigenvalue weighted by Crippen LogP contribution is -2.22. The summed E-state index contributed by atoms with van der Waals surface area (Å²) in [5.41, 5.74) is 1.17. The largest absolute Gasteiger partial charge is 0.467 e. The van der Waals surface area contributed by atoms with Crippen LogP contribution in [-0.2, 0) is 6.18 Å². The van der Waals surface area contributed by atoms with Crippen LogP contribution in [0.15, 0.2) is 36.0 Å². The average Bonchev–Trinajstić information content (AvgIpc) is 3.35. The topological polar surface area (TPSA) is 63.2 Å². The highest BCUT2D eigenvalue weighted by atomic mass is 32.1. The monoisotopic (exact) mass is 523 g/mol. The predicted octanol–water partition coefficient (Wildman–Crippen LogP) is 8.19. The fourth-order valence-corrected chi connectivity index (χ4v) is 4.30. The highest BCUT2D eigenvalue weighted by Gasteiger charge is 2.34. The fourth-order valence-electron chi connectivity index (χ4n) is 3.56. The number of halogens is 3. The first-order valence-corrected chi connectivity index (χ1v) is 13.2. The Bertz CT molecular complexity index is 1040. The van der Waals surface area contributed by atoms with E-state index in [4.69, 9.17) is 4.74 Å². The van der Waals surface area contributed by atoms with Gasteiger partial charge in [-0.3, -0.25) is 0 Å². The zero-order valence-corrected chi connectivity index (χ0v) is 22.5. The van der Waals surface area contributed by atoms with E-state index in [0.29, 0.717) is 28.6 Å². The van der Waals surface area contributed by atoms with Crippen molar-refractivity contribution >= 4 is 27.8 Å². The summed E-state index contributed by atoms with van der Waals surface area (Å²) in [6, 6.07) is 4.57. The summed E-state index contributed by atoms with van der Waals surface area (Å²) >= 11 is 1.29. The van der Waals surface area contributed by atoms with Gasteiger partial charge in [-0.25, -0.2) is 15.0 Å². The number of rotatable bonds is 12. The highest BCUT2D eigenvalue weighted by molar-refractivity contribution is 7.14. The van der Waals surface area contributed by atoms with Crippen molar-refractivity contribution in [3.8, 4) is 17.3 Å². The molecule has 0 radical (unpaired) electrons.